The molecule has 1 saturated heterocycles. The number of benzene rings is 1. The Morgan fingerprint density at radius 3 is 2.78 bits per heavy atom. The Morgan fingerprint density at radius 2 is 2.06 bits per heavy atom. The van der Waals surface area contributed by atoms with Gasteiger partial charge in [-0.05, 0) is 50.1 Å². The average Bonchev–Trinajstić information content (AvgIpc) is 3.06. The smallest absolute Gasteiger partial charge is 0.407 e. The van der Waals surface area contributed by atoms with E-state index in [9.17, 15) is 19.1 Å². The third kappa shape index (κ3) is 4.15. The van der Waals surface area contributed by atoms with Gasteiger partial charge in [-0.25, -0.2) is 9.18 Å². The maximum atomic E-state index is 13.5. The van der Waals surface area contributed by atoms with Crippen molar-refractivity contribution in [3.8, 4) is 0 Å². The van der Waals surface area contributed by atoms with E-state index in [1.54, 1.807) is 6.20 Å². The highest BCUT2D eigenvalue weighted by atomic mass is 35.5. The Balaban J connectivity index is 1.62. The quantitative estimate of drug-likeness (QED) is 0.564. The molecule has 1 aromatic carbocycles. The van der Waals surface area contributed by atoms with Crippen molar-refractivity contribution in [3.63, 3.8) is 0 Å². The van der Waals surface area contributed by atoms with Gasteiger partial charge in [0.05, 0.1) is 18.1 Å². The fourth-order valence-electron chi connectivity index (χ4n) is 3.87. The van der Waals surface area contributed by atoms with Gasteiger partial charge in [-0.15, -0.1) is 11.3 Å². The van der Waals surface area contributed by atoms with Crippen LogP contribution in [0.5, 0.6) is 0 Å². The molecule has 10 heteroatoms. The molecule has 2 unspecified atom stereocenters. The van der Waals surface area contributed by atoms with E-state index in [0.717, 1.165) is 33.7 Å². The van der Waals surface area contributed by atoms with E-state index in [1.165, 1.54) is 23.1 Å². The topological polar surface area (TPSA) is 91.8 Å². The summed E-state index contributed by atoms with van der Waals surface area (Å²) in [7, 11) is 0. The van der Waals surface area contributed by atoms with Crippen LogP contribution in [0.3, 0.4) is 0 Å². The van der Waals surface area contributed by atoms with Crippen molar-refractivity contribution in [2.75, 3.05) is 13.1 Å². The van der Waals surface area contributed by atoms with E-state index in [2.05, 4.69) is 10.3 Å². The first-order valence-corrected chi connectivity index (χ1v) is 11.1. The van der Waals surface area contributed by atoms with Crippen molar-refractivity contribution in [1.82, 2.24) is 15.2 Å². The van der Waals surface area contributed by atoms with Gasteiger partial charge in [-0.3, -0.25) is 9.78 Å². The second kappa shape index (κ2) is 8.65. The Morgan fingerprint density at radius 1 is 1.31 bits per heavy atom. The molecule has 1 fully saturated rings. The molecule has 0 spiro atoms. The number of nitrogens with zero attached hydrogens (tertiary/aromatic N) is 2. The van der Waals surface area contributed by atoms with E-state index in [0.29, 0.717) is 10.1 Å². The van der Waals surface area contributed by atoms with Crippen molar-refractivity contribution in [2.24, 2.45) is 0 Å². The number of carbonyl (C=O) groups excluding carboxylic acids is 1. The van der Waals surface area contributed by atoms with Gasteiger partial charge in [0.1, 0.15) is 23.0 Å². The zero-order valence-electron chi connectivity index (χ0n) is 17.6. The molecular weight excluding hydrogens is 457 g/mol. The molecular formula is C22H21ClFN3O4S. The number of carbonyl (C=O) groups is 2. The molecule has 2 aromatic heterocycles. The monoisotopic (exact) mass is 477 g/mol. The van der Waals surface area contributed by atoms with Crippen LogP contribution in [-0.2, 0) is 4.74 Å². The van der Waals surface area contributed by atoms with E-state index in [1.807, 2.05) is 20.8 Å². The number of pyridine rings is 1. The van der Waals surface area contributed by atoms with E-state index < -0.39 is 30.1 Å². The lowest BCUT2D eigenvalue weighted by Gasteiger charge is -2.38. The van der Waals surface area contributed by atoms with Gasteiger partial charge in [0.2, 0.25) is 0 Å². The number of amides is 2. The highest BCUT2D eigenvalue weighted by molar-refractivity contribution is 7.21. The Labute approximate surface area is 192 Å². The van der Waals surface area contributed by atoms with Crippen molar-refractivity contribution < 1.29 is 23.8 Å². The summed E-state index contributed by atoms with van der Waals surface area (Å²) in [5, 5.41) is 13.2. The molecule has 168 valence electrons. The summed E-state index contributed by atoms with van der Waals surface area (Å²) >= 11 is 7.42. The van der Waals surface area contributed by atoms with Crippen LogP contribution in [0.1, 0.15) is 38.2 Å². The average molecular weight is 478 g/mol. The van der Waals surface area contributed by atoms with Crippen LogP contribution in [0.15, 0.2) is 24.4 Å². The Bertz CT molecular complexity index is 1230. The molecule has 0 saturated carbocycles. The normalized spacial score (nSPS) is 18.7. The number of aromatic nitrogens is 1. The number of rotatable bonds is 3. The number of hydrogen-bond donors (Lipinski definition) is 2. The minimum Gasteiger partial charge on any atom is -0.465 e. The predicted molar refractivity (Wildman–Crippen MR) is 120 cm³/mol. The first-order valence-electron chi connectivity index (χ1n) is 9.90. The van der Waals surface area contributed by atoms with Crippen molar-refractivity contribution in [1.29, 1.82) is 0 Å². The van der Waals surface area contributed by atoms with Crippen LogP contribution in [0.2, 0.25) is 5.02 Å². The number of hydrogen-bond acceptors (Lipinski definition) is 5. The third-order valence-corrected chi connectivity index (χ3v) is 7.28. The molecule has 32 heavy (non-hydrogen) atoms. The maximum absolute atomic E-state index is 13.5. The maximum Gasteiger partial charge on any atom is 0.407 e. The fraction of sp³-hybridized carbons (Fsp3) is 0.318. The van der Waals surface area contributed by atoms with Gasteiger partial charge in [0.15, 0.2) is 0 Å². The zero-order chi connectivity index (χ0) is 23.2. The van der Waals surface area contributed by atoms with Gasteiger partial charge in [0.25, 0.3) is 5.91 Å². The number of aryl methyl sites for hydroxylation is 2. The number of morpholine rings is 1. The SMILES string of the molecule is Cc1cnc(C)c(C2CN(C(=O)O)CC(NC(=O)c3sc4cc(F)ccc4c3Cl)O2)c1C. The molecule has 2 N–H and O–H groups in total. The number of ether oxygens (including phenoxy) is 1. The molecule has 1 aliphatic heterocycles. The second-order valence-corrected chi connectivity index (χ2v) is 9.16. The van der Waals surface area contributed by atoms with Gasteiger partial charge in [-0.2, -0.15) is 0 Å². The number of fused-ring (bicyclic) bond motifs is 1. The molecule has 3 aromatic rings. The van der Waals surface area contributed by atoms with Crippen LogP contribution in [0.4, 0.5) is 9.18 Å². The Hall–Kier alpha value is -2.75. The molecule has 7 nitrogen and oxygen atoms in total. The van der Waals surface area contributed by atoms with Gasteiger partial charge >= 0.3 is 6.09 Å². The summed E-state index contributed by atoms with van der Waals surface area (Å²) in [4.78, 5) is 30.5. The molecule has 2 atom stereocenters. The number of carboxylic acid groups (broad SMARTS) is 1. The van der Waals surface area contributed by atoms with Crippen LogP contribution >= 0.6 is 22.9 Å². The largest absolute Gasteiger partial charge is 0.465 e. The van der Waals surface area contributed by atoms with Gasteiger partial charge < -0.3 is 20.1 Å². The van der Waals surface area contributed by atoms with Gasteiger partial charge in [0, 0.05) is 27.5 Å². The van der Waals surface area contributed by atoms with Crippen molar-refractivity contribution in [3.05, 3.63) is 62.5 Å². The summed E-state index contributed by atoms with van der Waals surface area (Å²) in [6, 6.07) is 4.12. The van der Waals surface area contributed by atoms with Crippen LogP contribution < -0.4 is 5.32 Å². The predicted octanol–water partition coefficient (Wildman–Crippen LogP) is 4.82. The second-order valence-electron chi connectivity index (χ2n) is 7.73. The minimum atomic E-state index is -1.11. The lowest BCUT2D eigenvalue weighted by atomic mass is 9.97. The molecule has 0 aliphatic carbocycles. The summed E-state index contributed by atoms with van der Waals surface area (Å²) in [6.45, 7) is 5.79. The first kappa shape index (κ1) is 22.4. The first-order chi connectivity index (χ1) is 15.2. The molecule has 3 heterocycles. The lowest BCUT2D eigenvalue weighted by molar-refractivity contribution is -0.0895. The summed E-state index contributed by atoms with van der Waals surface area (Å²) in [5.41, 5.74) is 3.48. The summed E-state index contributed by atoms with van der Waals surface area (Å²) in [5.74, 6) is -0.932. The van der Waals surface area contributed by atoms with Gasteiger partial charge in [-0.1, -0.05) is 11.6 Å². The minimum absolute atomic E-state index is 0.0357. The van der Waals surface area contributed by atoms with E-state index >= 15 is 0 Å². The highest BCUT2D eigenvalue weighted by Crippen LogP contribution is 2.36. The number of halogens is 2. The molecule has 0 bridgehead atoms. The molecule has 1 aliphatic rings. The number of thiophene rings is 1. The fourth-order valence-corrected chi connectivity index (χ4v) is 5.31. The van der Waals surface area contributed by atoms with Crippen LogP contribution in [0, 0.1) is 26.6 Å². The molecule has 0 radical (unpaired) electrons. The van der Waals surface area contributed by atoms with Crippen LogP contribution in [-0.4, -0.2) is 46.3 Å². The summed E-state index contributed by atoms with van der Waals surface area (Å²) < 4.78 is 20.2. The number of nitrogens with one attached hydrogen (secondary N) is 1. The Kier molecular flexibility index (Phi) is 6.07. The zero-order valence-corrected chi connectivity index (χ0v) is 19.2. The highest BCUT2D eigenvalue weighted by Gasteiger charge is 2.35. The van der Waals surface area contributed by atoms with E-state index in [4.69, 9.17) is 16.3 Å². The molecule has 4 rings (SSSR count). The van der Waals surface area contributed by atoms with E-state index in [-0.39, 0.29) is 23.0 Å². The lowest BCUT2D eigenvalue weighted by Crippen LogP contribution is -2.53. The molecule has 2 amide bonds. The van der Waals surface area contributed by atoms with Crippen molar-refractivity contribution >= 4 is 45.0 Å². The third-order valence-electron chi connectivity index (χ3n) is 5.62. The van der Waals surface area contributed by atoms with Crippen LogP contribution in [0.25, 0.3) is 10.1 Å². The van der Waals surface area contributed by atoms with Crippen molar-refractivity contribution in [2.45, 2.75) is 33.1 Å². The standard InChI is InChI=1S/C22H21ClFN3O4S/c1-10-7-25-12(3)18(11(10)2)15-8-27(22(29)30)9-17(31-15)26-21(28)20-19(23)14-5-4-13(24)6-16(14)32-20/h4-7,15,17H,8-9H2,1-3H3,(H,26,28)(H,29,30). The summed E-state index contributed by atoms with van der Waals surface area (Å²) in [6.07, 6.45) is -0.833.